The van der Waals surface area contributed by atoms with Crippen LogP contribution >= 0.6 is 11.6 Å². The van der Waals surface area contributed by atoms with E-state index in [-0.39, 0.29) is 11.9 Å². The van der Waals surface area contributed by atoms with Gasteiger partial charge in [-0.1, -0.05) is 23.7 Å². The van der Waals surface area contributed by atoms with Gasteiger partial charge in [0.2, 0.25) is 5.91 Å². The van der Waals surface area contributed by atoms with E-state index in [0.29, 0.717) is 17.1 Å². The molecule has 0 bridgehead atoms. The molecule has 0 aromatic heterocycles. The van der Waals surface area contributed by atoms with E-state index in [0.717, 1.165) is 0 Å². The first-order chi connectivity index (χ1) is 8.90. The Morgan fingerprint density at radius 2 is 1.89 bits per heavy atom. The number of halogens is 1. The van der Waals surface area contributed by atoms with E-state index in [2.05, 4.69) is 10.6 Å². The minimum Gasteiger partial charge on any atom is -0.480 e. The molecule has 0 saturated heterocycles. The Bertz CT molecular complexity index is 448. The summed E-state index contributed by atoms with van der Waals surface area (Å²) in [6.07, 6.45) is 0. The highest BCUT2D eigenvalue weighted by atomic mass is 35.5. The highest BCUT2D eigenvalue weighted by Gasteiger charge is 2.19. The monoisotopic (exact) mass is 284 g/mol. The molecule has 0 saturated carbocycles. The van der Waals surface area contributed by atoms with E-state index in [1.54, 1.807) is 31.2 Å². The van der Waals surface area contributed by atoms with Crippen molar-refractivity contribution in [3.05, 3.63) is 34.9 Å². The molecule has 1 amide bonds. The van der Waals surface area contributed by atoms with Gasteiger partial charge in [-0.2, -0.15) is 0 Å². The van der Waals surface area contributed by atoms with Crippen molar-refractivity contribution in [2.24, 2.45) is 0 Å². The lowest BCUT2D eigenvalue weighted by Gasteiger charge is -2.18. The zero-order valence-corrected chi connectivity index (χ0v) is 11.6. The third-order valence-electron chi connectivity index (χ3n) is 2.53. The van der Waals surface area contributed by atoms with Crippen LogP contribution in [0.25, 0.3) is 0 Å². The second-order valence-electron chi connectivity index (χ2n) is 4.33. The van der Waals surface area contributed by atoms with Crippen LogP contribution in [0.4, 0.5) is 0 Å². The zero-order valence-electron chi connectivity index (χ0n) is 10.8. The molecule has 1 aromatic rings. The number of carbonyl (C=O) groups is 2. The third kappa shape index (κ3) is 5.28. The maximum Gasteiger partial charge on any atom is 0.325 e. The lowest BCUT2D eigenvalue weighted by Crippen LogP contribution is -2.41. The van der Waals surface area contributed by atoms with Crippen LogP contribution in [0.2, 0.25) is 5.02 Å². The molecule has 0 aliphatic heterocycles. The number of amides is 1. The van der Waals surface area contributed by atoms with Gasteiger partial charge in [-0.25, -0.2) is 0 Å². The van der Waals surface area contributed by atoms with Gasteiger partial charge in [0.15, 0.2) is 0 Å². The van der Waals surface area contributed by atoms with Crippen LogP contribution in [0.5, 0.6) is 0 Å². The third-order valence-corrected chi connectivity index (χ3v) is 2.78. The summed E-state index contributed by atoms with van der Waals surface area (Å²) in [6, 6.07) is 5.64. The maximum absolute atomic E-state index is 11.2. The van der Waals surface area contributed by atoms with Gasteiger partial charge < -0.3 is 10.4 Å². The second kappa shape index (κ2) is 7.11. The van der Waals surface area contributed by atoms with Crippen LogP contribution in [0.15, 0.2) is 24.3 Å². The van der Waals surface area contributed by atoms with Crippen LogP contribution in [0, 0.1) is 0 Å². The van der Waals surface area contributed by atoms with Gasteiger partial charge in [0.1, 0.15) is 6.04 Å². The SMILES string of the molecule is CC(=O)NC(C)CNC(C(=O)O)c1ccc(Cl)cc1. The Hall–Kier alpha value is -1.59. The van der Waals surface area contributed by atoms with E-state index in [1.165, 1.54) is 6.92 Å². The Labute approximate surface area is 117 Å². The van der Waals surface area contributed by atoms with Crippen molar-refractivity contribution in [3.8, 4) is 0 Å². The number of rotatable bonds is 6. The summed E-state index contributed by atoms with van der Waals surface area (Å²) in [5.41, 5.74) is 0.618. The molecule has 0 aliphatic rings. The average molecular weight is 285 g/mol. The van der Waals surface area contributed by atoms with Crippen LogP contribution in [-0.4, -0.2) is 29.6 Å². The molecular weight excluding hydrogens is 268 g/mol. The molecule has 2 unspecified atom stereocenters. The smallest absolute Gasteiger partial charge is 0.325 e. The predicted octanol–water partition coefficient (Wildman–Crippen LogP) is 1.58. The Kier molecular flexibility index (Phi) is 5.79. The van der Waals surface area contributed by atoms with E-state index < -0.39 is 12.0 Å². The standard InChI is InChI=1S/C13H17ClN2O3/c1-8(16-9(2)17)7-15-12(13(18)19)10-3-5-11(14)6-4-10/h3-6,8,12,15H,7H2,1-2H3,(H,16,17)(H,18,19). The lowest BCUT2D eigenvalue weighted by molar-refractivity contribution is -0.139. The molecular formula is C13H17ClN2O3. The fraction of sp³-hybridized carbons (Fsp3) is 0.385. The highest BCUT2D eigenvalue weighted by molar-refractivity contribution is 6.30. The molecule has 6 heteroatoms. The maximum atomic E-state index is 11.2. The molecule has 0 heterocycles. The van der Waals surface area contributed by atoms with Gasteiger partial charge in [0.05, 0.1) is 0 Å². The summed E-state index contributed by atoms with van der Waals surface area (Å²) < 4.78 is 0. The van der Waals surface area contributed by atoms with Crippen LogP contribution in [0.3, 0.4) is 0 Å². The Morgan fingerprint density at radius 1 is 1.32 bits per heavy atom. The number of carbonyl (C=O) groups excluding carboxylic acids is 1. The normalized spacial score (nSPS) is 13.6. The molecule has 104 valence electrons. The Balaban J connectivity index is 2.66. The topological polar surface area (TPSA) is 78.4 Å². The fourth-order valence-corrected chi connectivity index (χ4v) is 1.82. The van der Waals surface area contributed by atoms with Crippen molar-refractivity contribution >= 4 is 23.5 Å². The second-order valence-corrected chi connectivity index (χ2v) is 4.77. The van der Waals surface area contributed by atoms with Crippen LogP contribution in [-0.2, 0) is 9.59 Å². The predicted molar refractivity (Wildman–Crippen MR) is 73.1 cm³/mol. The summed E-state index contributed by atoms with van der Waals surface area (Å²) in [5, 5.41) is 15.3. The fourth-order valence-electron chi connectivity index (χ4n) is 1.70. The number of carboxylic acids is 1. The summed E-state index contributed by atoms with van der Waals surface area (Å²) in [5.74, 6) is -1.12. The highest BCUT2D eigenvalue weighted by Crippen LogP contribution is 2.16. The lowest BCUT2D eigenvalue weighted by atomic mass is 10.1. The molecule has 0 radical (unpaired) electrons. The van der Waals surface area contributed by atoms with E-state index >= 15 is 0 Å². The minimum absolute atomic E-state index is 0.146. The van der Waals surface area contributed by atoms with Crippen LogP contribution < -0.4 is 10.6 Å². The summed E-state index contributed by atoms with van der Waals surface area (Å²) >= 11 is 5.77. The first-order valence-electron chi connectivity index (χ1n) is 5.89. The van der Waals surface area contributed by atoms with Gasteiger partial charge in [0, 0.05) is 24.5 Å². The van der Waals surface area contributed by atoms with E-state index in [1.807, 2.05) is 0 Å². The van der Waals surface area contributed by atoms with Crippen molar-refractivity contribution in [1.82, 2.24) is 10.6 Å². The first kappa shape index (κ1) is 15.5. The zero-order chi connectivity index (χ0) is 14.4. The van der Waals surface area contributed by atoms with Crippen molar-refractivity contribution in [2.75, 3.05) is 6.54 Å². The molecule has 0 aliphatic carbocycles. The number of nitrogens with one attached hydrogen (secondary N) is 2. The van der Waals surface area contributed by atoms with Gasteiger partial charge in [-0.15, -0.1) is 0 Å². The molecule has 0 fully saturated rings. The molecule has 1 aromatic carbocycles. The summed E-state index contributed by atoms with van der Waals surface area (Å²) in [4.78, 5) is 22.1. The molecule has 5 nitrogen and oxygen atoms in total. The van der Waals surface area contributed by atoms with Crippen molar-refractivity contribution < 1.29 is 14.7 Å². The summed E-state index contributed by atoms with van der Waals surface area (Å²) in [6.45, 7) is 3.58. The molecule has 0 spiro atoms. The van der Waals surface area contributed by atoms with Gasteiger partial charge >= 0.3 is 5.97 Å². The number of carboxylic acid groups (broad SMARTS) is 1. The summed E-state index contributed by atoms with van der Waals surface area (Å²) in [7, 11) is 0. The minimum atomic E-state index is -0.975. The molecule has 3 N–H and O–H groups in total. The largest absolute Gasteiger partial charge is 0.480 e. The van der Waals surface area contributed by atoms with E-state index in [9.17, 15) is 14.7 Å². The molecule has 19 heavy (non-hydrogen) atoms. The van der Waals surface area contributed by atoms with Crippen molar-refractivity contribution in [3.63, 3.8) is 0 Å². The number of hydrogen-bond acceptors (Lipinski definition) is 3. The first-order valence-corrected chi connectivity index (χ1v) is 6.26. The molecule has 1 rings (SSSR count). The van der Waals surface area contributed by atoms with Gasteiger partial charge in [0.25, 0.3) is 0 Å². The number of benzene rings is 1. The quantitative estimate of drug-likeness (QED) is 0.741. The average Bonchev–Trinajstić information content (AvgIpc) is 2.30. The van der Waals surface area contributed by atoms with Gasteiger partial charge in [-0.05, 0) is 24.6 Å². The van der Waals surface area contributed by atoms with Crippen molar-refractivity contribution in [2.45, 2.75) is 25.9 Å². The Morgan fingerprint density at radius 3 is 2.37 bits per heavy atom. The van der Waals surface area contributed by atoms with Crippen molar-refractivity contribution in [1.29, 1.82) is 0 Å². The number of hydrogen-bond donors (Lipinski definition) is 3. The van der Waals surface area contributed by atoms with Crippen LogP contribution in [0.1, 0.15) is 25.5 Å². The molecule has 2 atom stereocenters. The number of aliphatic carboxylic acids is 1. The van der Waals surface area contributed by atoms with Gasteiger partial charge in [-0.3, -0.25) is 14.9 Å². The van der Waals surface area contributed by atoms with E-state index in [4.69, 9.17) is 11.6 Å².